The molecule has 0 saturated heterocycles. The van der Waals surface area contributed by atoms with Gasteiger partial charge >= 0.3 is 0 Å². The fraction of sp³-hybridized carbons (Fsp3) is 0.312. The van der Waals surface area contributed by atoms with E-state index < -0.39 is 0 Å². The maximum absolute atomic E-state index is 5.10. The summed E-state index contributed by atoms with van der Waals surface area (Å²) in [5, 5.41) is 0. The smallest absolute Gasteiger partial charge is 0.212 e. The third kappa shape index (κ3) is 2.89. The zero-order valence-corrected chi connectivity index (χ0v) is 11.0. The predicted octanol–water partition coefficient (Wildman–Crippen LogP) is 4.02. The lowest BCUT2D eigenvalue weighted by molar-refractivity contribution is 0.397. The maximum atomic E-state index is 5.10. The Labute approximate surface area is 109 Å². The van der Waals surface area contributed by atoms with Crippen molar-refractivity contribution in [3.05, 3.63) is 59.8 Å². The Bertz CT molecular complexity index is 464. The zero-order valence-electron chi connectivity index (χ0n) is 11.0. The van der Waals surface area contributed by atoms with E-state index in [0.29, 0.717) is 11.8 Å². The third-order valence-electron chi connectivity index (χ3n) is 3.15. The van der Waals surface area contributed by atoms with Crippen LogP contribution < -0.4 is 4.74 Å². The van der Waals surface area contributed by atoms with Crippen molar-refractivity contribution in [2.75, 3.05) is 7.11 Å². The van der Waals surface area contributed by atoms with E-state index in [0.717, 1.165) is 12.8 Å². The molecule has 0 N–H and O–H groups in total. The summed E-state index contributed by atoms with van der Waals surface area (Å²) in [4.78, 5) is 4.30. The second kappa shape index (κ2) is 6.20. The SMILES string of the molecule is CCC[C@H](c1ccccc1)c1ccc(OC)nc1. The third-order valence-corrected chi connectivity index (χ3v) is 3.15. The van der Waals surface area contributed by atoms with Crippen LogP contribution in [0.4, 0.5) is 0 Å². The summed E-state index contributed by atoms with van der Waals surface area (Å²) in [6, 6.07) is 14.7. The Morgan fingerprint density at radius 3 is 2.39 bits per heavy atom. The standard InChI is InChI=1S/C16H19NO/c1-3-7-15(13-8-5-4-6-9-13)14-10-11-16(18-2)17-12-14/h4-6,8-12,15H,3,7H2,1-2H3/t15-/m1/s1. The summed E-state index contributed by atoms with van der Waals surface area (Å²) >= 11 is 0. The molecule has 2 rings (SSSR count). The van der Waals surface area contributed by atoms with Gasteiger partial charge in [-0.1, -0.05) is 49.7 Å². The lowest BCUT2D eigenvalue weighted by Gasteiger charge is -2.17. The van der Waals surface area contributed by atoms with E-state index in [9.17, 15) is 0 Å². The van der Waals surface area contributed by atoms with Gasteiger partial charge in [0.05, 0.1) is 7.11 Å². The summed E-state index contributed by atoms with van der Waals surface area (Å²) < 4.78 is 5.10. The van der Waals surface area contributed by atoms with Crippen molar-refractivity contribution in [1.29, 1.82) is 0 Å². The van der Waals surface area contributed by atoms with E-state index in [2.05, 4.69) is 48.3 Å². The molecule has 0 fully saturated rings. The van der Waals surface area contributed by atoms with Crippen LogP contribution in [-0.4, -0.2) is 12.1 Å². The summed E-state index contributed by atoms with van der Waals surface area (Å²) in [6.07, 6.45) is 4.22. The van der Waals surface area contributed by atoms with E-state index in [1.165, 1.54) is 11.1 Å². The van der Waals surface area contributed by atoms with Crippen molar-refractivity contribution in [2.24, 2.45) is 0 Å². The fourth-order valence-electron chi connectivity index (χ4n) is 2.22. The molecule has 0 bridgehead atoms. The number of pyridine rings is 1. The lowest BCUT2D eigenvalue weighted by Crippen LogP contribution is -2.01. The van der Waals surface area contributed by atoms with Crippen molar-refractivity contribution in [3.63, 3.8) is 0 Å². The van der Waals surface area contributed by atoms with E-state index in [4.69, 9.17) is 4.74 Å². The molecule has 1 heterocycles. The van der Waals surface area contributed by atoms with Crippen LogP contribution in [0.5, 0.6) is 5.88 Å². The molecule has 0 saturated carbocycles. The number of benzene rings is 1. The van der Waals surface area contributed by atoms with Crippen molar-refractivity contribution in [3.8, 4) is 5.88 Å². The van der Waals surface area contributed by atoms with Gasteiger partial charge in [-0.2, -0.15) is 0 Å². The van der Waals surface area contributed by atoms with Gasteiger partial charge in [0.1, 0.15) is 0 Å². The Hall–Kier alpha value is -1.83. The highest BCUT2D eigenvalue weighted by Gasteiger charge is 2.13. The monoisotopic (exact) mass is 241 g/mol. The van der Waals surface area contributed by atoms with Gasteiger partial charge in [0.2, 0.25) is 5.88 Å². The quantitative estimate of drug-likeness (QED) is 0.788. The highest BCUT2D eigenvalue weighted by molar-refractivity contribution is 5.32. The molecule has 18 heavy (non-hydrogen) atoms. The second-order valence-corrected chi connectivity index (χ2v) is 4.39. The number of ether oxygens (including phenoxy) is 1. The van der Waals surface area contributed by atoms with Crippen LogP contribution in [0.25, 0.3) is 0 Å². The summed E-state index contributed by atoms with van der Waals surface area (Å²) in [6.45, 7) is 2.22. The first-order valence-corrected chi connectivity index (χ1v) is 6.40. The first kappa shape index (κ1) is 12.6. The zero-order chi connectivity index (χ0) is 12.8. The van der Waals surface area contributed by atoms with Crippen molar-refractivity contribution in [2.45, 2.75) is 25.7 Å². The minimum absolute atomic E-state index is 0.426. The van der Waals surface area contributed by atoms with Gasteiger partial charge in [-0.15, -0.1) is 0 Å². The van der Waals surface area contributed by atoms with Gasteiger partial charge in [-0.3, -0.25) is 0 Å². The van der Waals surface area contributed by atoms with Gasteiger partial charge in [-0.05, 0) is 17.5 Å². The molecule has 0 radical (unpaired) electrons. The molecular formula is C16H19NO. The number of hydrogen-bond acceptors (Lipinski definition) is 2. The molecule has 2 heteroatoms. The van der Waals surface area contributed by atoms with Crippen molar-refractivity contribution in [1.82, 2.24) is 4.98 Å². The van der Waals surface area contributed by atoms with Crippen LogP contribution in [0, 0.1) is 0 Å². The average Bonchev–Trinajstić information content (AvgIpc) is 2.46. The summed E-state index contributed by atoms with van der Waals surface area (Å²) in [7, 11) is 1.64. The highest BCUT2D eigenvalue weighted by atomic mass is 16.5. The molecule has 0 aliphatic heterocycles. The molecule has 0 aliphatic rings. The molecule has 1 atom stereocenters. The molecule has 1 aromatic heterocycles. The van der Waals surface area contributed by atoms with Crippen LogP contribution in [-0.2, 0) is 0 Å². The van der Waals surface area contributed by atoms with Gasteiger partial charge in [0, 0.05) is 18.2 Å². The highest BCUT2D eigenvalue weighted by Crippen LogP contribution is 2.29. The van der Waals surface area contributed by atoms with Crippen LogP contribution in [0.15, 0.2) is 48.7 Å². The Balaban J connectivity index is 2.29. The lowest BCUT2D eigenvalue weighted by atomic mass is 9.89. The number of rotatable bonds is 5. The van der Waals surface area contributed by atoms with Crippen LogP contribution in [0.3, 0.4) is 0 Å². The van der Waals surface area contributed by atoms with Crippen LogP contribution in [0.1, 0.15) is 36.8 Å². The van der Waals surface area contributed by atoms with Crippen molar-refractivity contribution >= 4 is 0 Å². The topological polar surface area (TPSA) is 22.1 Å². The molecule has 0 aliphatic carbocycles. The van der Waals surface area contributed by atoms with Gasteiger partial charge in [0.25, 0.3) is 0 Å². The van der Waals surface area contributed by atoms with E-state index in [1.54, 1.807) is 7.11 Å². The molecule has 94 valence electrons. The molecule has 0 spiro atoms. The van der Waals surface area contributed by atoms with Gasteiger partial charge < -0.3 is 4.74 Å². The number of nitrogens with zero attached hydrogens (tertiary/aromatic N) is 1. The van der Waals surface area contributed by atoms with Crippen molar-refractivity contribution < 1.29 is 4.74 Å². The minimum atomic E-state index is 0.426. The predicted molar refractivity (Wildman–Crippen MR) is 74.0 cm³/mol. The second-order valence-electron chi connectivity index (χ2n) is 4.39. The van der Waals surface area contributed by atoms with Gasteiger partial charge in [-0.25, -0.2) is 4.98 Å². The maximum Gasteiger partial charge on any atom is 0.212 e. The van der Waals surface area contributed by atoms with E-state index in [1.807, 2.05) is 12.3 Å². The van der Waals surface area contributed by atoms with Crippen LogP contribution >= 0.6 is 0 Å². The van der Waals surface area contributed by atoms with E-state index >= 15 is 0 Å². The fourth-order valence-corrected chi connectivity index (χ4v) is 2.22. The molecule has 0 unspecified atom stereocenters. The Kier molecular flexibility index (Phi) is 4.35. The van der Waals surface area contributed by atoms with Gasteiger partial charge in [0.15, 0.2) is 0 Å². The number of aromatic nitrogens is 1. The minimum Gasteiger partial charge on any atom is -0.481 e. The first-order valence-electron chi connectivity index (χ1n) is 6.40. The van der Waals surface area contributed by atoms with Crippen LogP contribution in [0.2, 0.25) is 0 Å². The molecule has 1 aromatic carbocycles. The normalized spacial score (nSPS) is 12.1. The first-order chi connectivity index (χ1) is 8.85. The Morgan fingerprint density at radius 2 is 1.83 bits per heavy atom. The van der Waals surface area contributed by atoms with E-state index in [-0.39, 0.29) is 0 Å². The average molecular weight is 241 g/mol. The molecular weight excluding hydrogens is 222 g/mol. The summed E-state index contributed by atoms with van der Waals surface area (Å²) in [5.41, 5.74) is 2.61. The largest absolute Gasteiger partial charge is 0.481 e. The summed E-state index contributed by atoms with van der Waals surface area (Å²) in [5.74, 6) is 1.09. The number of methoxy groups -OCH3 is 1. The molecule has 0 amide bonds. The Morgan fingerprint density at radius 1 is 1.06 bits per heavy atom. The molecule has 2 nitrogen and oxygen atoms in total. The number of hydrogen-bond donors (Lipinski definition) is 0. The molecule has 2 aromatic rings.